The van der Waals surface area contributed by atoms with E-state index in [1.807, 2.05) is 24.3 Å². The summed E-state index contributed by atoms with van der Waals surface area (Å²) in [4.78, 5) is 17.4. The number of para-hydroxylation sites is 3. The van der Waals surface area contributed by atoms with E-state index in [1.165, 1.54) is 44.5 Å². The monoisotopic (exact) mass is 820 g/mol. The van der Waals surface area contributed by atoms with Crippen LogP contribution in [0, 0.1) is 0 Å². The van der Waals surface area contributed by atoms with Crippen molar-refractivity contribution < 1.29 is 0 Å². The van der Waals surface area contributed by atoms with Gasteiger partial charge < -0.3 is 4.90 Å². The van der Waals surface area contributed by atoms with E-state index < -0.39 is 5.41 Å². The van der Waals surface area contributed by atoms with Crippen molar-refractivity contribution in [2.75, 3.05) is 4.90 Å². The quantitative estimate of drug-likeness (QED) is 0.106. The average Bonchev–Trinajstić information content (AvgIpc) is 3.82. The number of hydrogen-bond acceptors (Lipinski definition) is 3. The van der Waals surface area contributed by atoms with Gasteiger partial charge in [-0.2, -0.15) is 0 Å². The first-order valence-electron chi connectivity index (χ1n) is 21.8. The van der Waals surface area contributed by atoms with E-state index in [-0.39, 0.29) is 0 Å². The molecule has 0 fully saturated rings. The van der Waals surface area contributed by atoms with Crippen LogP contribution in [0.15, 0.2) is 234 Å². The third-order valence-electron chi connectivity index (χ3n) is 13.0. The summed E-state index contributed by atoms with van der Waals surface area (Å²) in [6, 6.07) is 75.4. The molecule has 4 nitrogen and oxygen atoms in total. The third-order valence-corrected chi connectivity index (χ3v) is 13.0. The minimum absolute atomic E-state index is 0.394. The molecule has 11 rings (SSSR count). The number of nitrogens with zero attached hydrogens (tertiary/aromatic N) is 4. The second kappa shape index (κ2) is 15.9. The van der Waals surface area contributed by atoms with Gasteiger partial charge in [0.25, 0.3) is 0 Å². The molecule has 304 valence electrons. The Labute approximate surface area is 374 Å². The van der Waals surface area contributed by atoms with E-state index in [1.54, 1.807) is 0 Å². The zero-order valence-corrected chi connectivity index (χ0v) is 35.6. The first-order chi connectivity index (χ1) is 31.5. The summed E-state index contributed by atoms with van der Waals surface area (Å²) in [6.45, 7) is 11.1. The second-order valence-corrected chi connectivity index (χ2v) is 16.5. The van der Waals surface area contributed by atoms with Crippen molar-refractivity contribution in [1.29, 1.82) is 0 Å². The lowest BCUT2D eigenvalue weighted by Crippen LogP contribution is -2.25. The van der Waals surface area contributed by atoms with Crippen LogP contribution in [-0.4, -0.2) is 18.3 Å². The van der Waals surface area contributed by atoms with Crippen molar-refractivity contribution in [2.45, 2.75) is 18.9 Å². The SMILES string of the molecule is C=Nc1ccccc1N(Cc1cccc(C(=C)N=C(N=C(C)c2ccc3c(c2)-c2ccccc2C32c3ccccc3-c3ccccc32)c2cccc3ccccc23)c1)c1ccccc1. The van der Waals surface area contributed by atoms with E-state index in [4.69, 9.17) is 9.98 Å². The molecule has 0 heterocycles. The number of benzene rings is 9. The van der Waals surface area contributed by atoms with Gasteiger partial charge in [0.1, 0.15) is 0 Å². The van der Waals surface area contributed by atoms with Crippen molar-refractivity contribution in [3.63, 3.8) is 0 Å². The topological polar surface area (TPSA) is 40.3 Å². The van der Waals surface area contributed by atoms with Gasteiger partial charge in [0.2, 0.25) is 0 Å². The molecule has 9 aromatic rings. The summed E-state index contributed by atoms with van der Waals surface area (Å²) in [5.41, 5.74) is 18.4. The maximum Gasteiger partial charge on any atom is 0.160 e. The molecule has 0 amide bonds. The molecule has 9 aromatic carbocycles. The summed E-state index contributed by atoms with van der Waals surface area (Å²) in [7, 11) is 0. The minimum atomic E-state index is -0.394. The molecule has 0 aromatic heterocycles. The summed E-state index contributed by atoms with van der Waals surface area (Å²) in [6.07, 6.45) is 0. The van der Waals surface area contributed by atoms with E-state index in [2.05, 4.69) is 218 Å². The molecule has 1 spiro atoms. The summed E-state index contributed by atoms with van der Waals surface area (Å²) in [5, 5.41) is 2.21. The molecular formula is C60H44N4. The van der Waals surface area contributed by atoms with Crippen LogP contribution in [0.25, 0.3) is 38.7 Å². The van der Waals surface area contributed by atoms with Crippen molar-refractivity contribution in [3.05, 3.63) is 263 Å². The molecule has 4 heteroatoms. The number of fused-ring (bicyclic) bond motifs is 11. The van der Waals surface area contributed by atoms with Crippen LogP contribution in [0.4, 0.5) is 17.1 Å². The zero-order chi connectivity index (χ0) is 43.2. The van der Waals surface area contributed by atoms with Gasteiger partial charge in [-0.1, -0.05) is 183 Å². The van der Waals surface area contributed by atoms with Crippen molar-refractivity contribution >= 4 is 51.8 Å². The van der Waals surface area contributed by atoms with Crippen LogP contribution in [0.3, 0.4) is 0 Å². The largest absolute Gasteiger partial charge is 0.335 e. The van der Waals surface area contributed by atoms with Gasteiger partial charge in [-0.15, -0.1) is 0 Å². The van der Waals surface area contributed by atoms with Crippen LogP contribution < -0.4 is 4.90 Å². The highest BCUT2D eigenvalue weighted by Crippen LogP contribution is 2.62. The third kappa shape index (κ3) is 6.34. The fourth-order valence-corrected chi connectivity index (χ4v) is 10.1. The summed E-state index contributed by atoms with van der Waals surface area (Å²) < 4.78 is 0. The molecule has 0 N–H and O–H groups in total. The van der Waals surface area contributed by atoms with Gasteiger partial charge in [0.15, 0.2) is 5.84 Å². The Bertz CT molecular complexity index is 3320. The Morgan fingerprint density at radius 1 is 0.516 bits per heavy atom. The number of rotatable bonds is 9. The predicted molar refractivity (Wildman–Crippen MR) is 269 cm³/mol. The maximum atomic E-state index is 5.43. The Balaban J connectivity index is 1.01. The molecular weight excluding hydrogens is 777 g/mol. The van der Waals surface area contributed by atoms with Crippen LogP contribution in [0.2, 0.25) is 0 Å². The van der Waals surface area contributed by atoms with E-state index in [9.17, 15) is 0 Å². The molecule has 0 saturated heterocycles. The maximum absolute atomic E-state index is 5.43. The smallest absolute Gasteiger partial charge is 0.160 e. The average molecular weight is 821 g/mol. The van der Waals surface area contributed by atoms with E-state index >= 15 is 0 Å². The van der Waals surface area contributed by atoms with Gasteiger partial charge >= 0.3 is 0 Å². The first kappa shape index (κ1) is 38.7. The number of aliphatic imine (C=N–C) groups is 3. The first-order valence-corrected chi connectivity index (χ1v) is 21.8. The van der Waals surface area contributed by atoms with Crippen molar-refractivity contribution in [3.8, 4) is 22.3 Å². The molecule has 2 aliphatic rings. The molecule has 0 unspecified atom stereocenters. The van der Waals surface area contributed by atoms with Gasteiger partial charge in [-0.05, 0) is 122 Å². The summed E-state index contributed by atoms with van der Waals surface area (Å²) in [5.74, 6) is 0.609. The minimum Gasteiger partial charge on any atom is -0.335 e. The van der Waals surface area contributed by atoms with Crippen molar-refractivity contribution in [1.82, 2.24) is 0 Å². The normalized spacial score (nSPS) is 13.3. The Hall–Kier alpha value is -8.21. The lowest BCUT2D eigenvalue weighted by atomic mass is 9.70. The predicted octanol–water partition coefficient (Wildman–Crippen LogP) is 14.8. The lowest BCUT2D eigenvalue weighted by Gasteiger charge is -2.30. The highest BCUT2D eigenvalue weighted by atomic mass is 15.1. The highest BCUT2D eigenvalue weighted by molar-refractivity contribution is 6.18. The molecule has 2 aliphatic carbocycles. The summed E-state index contributed by atoms with van der Waals surface area (Å²) >= 11 is 0. The standard InChI is InChI=1S/C60H44N4/c1-40(44-22-17-19-42(37-44)39-64(46-23-5-4-6-24-46)58-34-16-15-33-57(58)61-3)62-59(51-29-18-21-43-20-7-8-25-47(43)51)63-41(2)45-35-36-56-52(38-45)50-28-11-14-32-55(50)60(56)53-30-12-9-26-48(53)49-27-10-13-31-54(49)60/h4-38H,1,3,39H2,2H3. The van der Waals surface area contributed by atoms with E-state index in [0.29, 0.717) is 18.1 Å². The van der Waals surface area contributed by atoms with E-state index in [0.717, 1.165) is 55.8 Å². The van der Waals surface area contributed by atoms with Crippen LogP contribution in [0.5, 0.6) is 0 Å². The van der Waals surface area contributed by atoms with Crippen molar-refractivity contribution in [2.24, 2.45) is 15.0 Å². The number of hydrogen-bond donors (Lipinski definition) is 0. The van der Waals surface area contributed by atoms with Crippen LogP contribution >= 0.6 is 0 Å². The Morgan fingerprint density at radius 3 is 1.84 bits per heavy atom. The van der Waals surface area contributed by atoms with Gasteiger partial charge in [0, 0.05) is 23.5 Å². The molecule has 64 heavy (non-hydrogen) atoms. The molecule has 0 atom stereocenters. The fourth-order valence-electron chi connectivity index (χ4n) is 10.1. The van der Waals surface area contributed by atoms with Crippen LogP contribution in [0.1, 0.15) is 51.4 Å². The molecule has 0 saturated carbocycles. The molecule has 0 radical (unpaired) electrons. The van der Waals surface area contributed by atoms with Gasteiger partial charge in [-0.3, -0.25) is 4.99 Å². The van der Waals surface area contributed by atoms with Gasteiger partial charge in [-0.25, -0.2) is 9.98 Å². The zero-order valence-electron chi connectivity index (χ0n) is 35.6. The fraction of sp³-hybridized carbons (Fsp3) is 0.0500. The highest BCUT2D eigenvalue weighted by Gasteiger charge is 2.51. The van der Waals surface area contributed by atoms with Crippen LogP contribution in [-0.2, 0) is 12.0 Å². The Morgan fingerprint density at radius 2 is 1.11 bits per heavy atom. The molecule has 0 aliphatic heterocycles. The Kier molecular flexibility index (Phi) is 9.62. The van der Waals surface area contributed by atoms with Gasteiger partial charge in [0.05, 0.1) is 22.5 Å². The number of amidine groups is 1. The second-order valence-electron chi connectivity index (χ2n) is 16.5. The number of anilines is 2. The lowest BCUT2D eigenvalue weighted by molar-refractivity contribution is 0.793. The molecule has 0 bridgehead atoms.